The highest BCUT2D eigenvalue weighted by atomic mass is 16.2. The van der Waals surface area contributed by atoms with Crippen LogP contribution >= 0.6 is 0 Å². The third-order valence-electron chi connectivity index (χ3n) is 0.129. The Hall–Kier alpha value is -0.300. The lowest BCUT2D eigenvalue weighted by atomic mass is 10.7. The van der Waals surface area contributed by atoms with Crippen molar-refractivity contribution in [1.82, 2.24) is 0 Å². The second-order valence-electron chi connectivity index (χ2n) is 0.471. The van der Waals surface area contributed by atoms with Crippen molar-refractivity contribution in [2.24, 2.45) is 0 Å². The Morgan fingerprint density at radius 2 is 1.83 bits per heavy atom. The first kappa shape index (κ1) is 9.20. The molecule has 0 atom stereocenters. The largest absolute Gasteiger partial charge is 0.392 e. The predicted octanol–water partition coefficient (Wildman–Crippen LogP) is 1.19. The molecule has 1 N–H and O–H groups in total. The van der Waals surface area contributed by atoms with E-state index in [1.165, 1.54) is 6.08 Å². The van der Waals surface area contributed by atoms with Gasteiger partial charge in [-0.25, -0.2) is 0 Å². The molecule has 0 saturated carbocycles. The maximum Gasteiger partial charge on any atom is 0.0609 e. The Morgan fingerprint density at radius 3 is 1.83 bits per heavy atom. The summed E-state index contributed by atoms with van der Waals surface area (Å²) in [5.41, 5.74) is 0. The molecule has 0 aliphatic rings. The quantitative estimate of drug-likeness (QED) is 0.477. The summed E-state index contributed by atoms with van der Waals surface area (Å²) in [6, 6.07) is 0. The van der Waals surface area contributed by atoms with Crippen LogP contribution in [0.5, 0.6) is 0 Å². The number of rotatable bonds is 1. The minimum atomic E-state index is 0.0833. The van der Waals surface area contributed by atoms with Gasteiger partial charge in [0.25, 0.3) is 0 Å². The summed E-state index contributed by atoms with van der Waals surface area (Å²) < 4.78 is 0. The molecule has 1 heteroatoms. The third-order valence-corrected chi connectivity index (χ3v) is 0.129. The molecule has 0 aromatic heterocycles. The van der Waals surface area contributed by atoms with Gasteiger partial charge in [0.05, 0.1) is 6.61 Å². The zero-order valence-corrected chi connectivity index (χ0v) is 4.44. The lowest BCUT2D eigenvalue weighted by molar-refractivity contribution is 0.343. The Morgan fingerprint density at radius 1 is 1.67 bits per heavy atom. The summed E-state index contributed by atoms with van der Waals surface area (Å²) in [4.78, 5) is 0. The van der Waals surface area contributed by atoms with E-state index >= 15 is 0 Å². The topological polar surface area (TPSA) is 20.2 Å². The zero-order chi connectivity index (χ0) is 5.41. The summed E-state index contributed by atoms with van der Waals surface area (Å²) in [5, 5.41) is 7.76. The smallest absolute Gasteiger partial charge is 0.0609 e. The standard InChI is InChI=1S/C3H6O.C2H6/c1-2-3-4;1-2/h2,4H,1,3H2;1-2H3. The molecule has 0 aromatic carbocycles. The Balaban J connectivity index is 0. The number of hydrogen-bond acceptors (Lipinski definition) is 1. The van der Waals surface area contributed by atoms with Gasteiger partial charge in [0.2, 0.25) is 0 Å². The lowest BCUT2D eigenvalue weighted by Gasteiger charge is -1.60. The molecule has 0 aliphatic carbocycles. The number of aliphatic hydroxyl groups is 1. The molecule has 0 aromatic rings. The van der Waals surface area contributed by atoms with E-state index in [-0.39, 0.29) is 6.61 Å². The summed E-state index contributed by atoms with van der Waals surface area (Å²) in [6.07, 6.45) is 1.43. The first-order chi connectivity index (χ1) is 2.91. The van der Waals surface area contributed by atoms with E-state index in [2.05, 4.69) is 6.58 Å². The van der Waals surface area contributed by atoms with Crippen molar-refractivity contribution in [1.29, 1.82) is 0 Å². The third kappa shape index (κ3) is 55.0. The highest BCUT2D eigenvalue weighted by Gasteiger charge is 1.45. The van der Waals surface area contributed by atoms with Crippen LogP contribution in [0.4, 0.5) is 0 Å². The minimum absolute atomic E-state index is 0.0833. The van der Waals surface area contributed by atoms with Crippen LogP contribution in [0, 0.1) is 0 Å². The molecule has 0 saturated heterocycles. The summed E-state index contributed by atoms with van der Waals surface area (Å²) in [5.74, 6) is 0. The van der Waals surface area contributed by atoms with E-state index in [0.717, 1.165) is 0 Å². The molecule has 0 amide bonds. The van der Waals surface area contributed by atoms with Crippen molar-refractivity contribution in [3.63, 3.8) is 0 Å². The molecule has 0 bridgehead atoms. The molecule has 38 valence electrons. The Bertz CT molecular complexity index is 17.9. The van der Waals surface area contributed by atoms with E-state index in [4.69, 9.17) is 5.11 Å². The Kier molecular flexibility index (Phi) is 34.1. The average molecular weight is 88.1 g/mol. The molecule has 0 rings (SSSR count). The van der Waals surface area contributed by atoms with Crippen molar-refractivity contribution < 1.29 is 5.11 Å². The van der Waals surface area contributed by atoms with Gasteiger partial charge in [-0.3, -0.25) is 0 Å². The highest BCUT2D eigenvalue weighted by molar-refractivity contribution is 4.60. The lowest BCUT2D eigenvalue weighted by Crippen LogP contribution is -1.62. The minimum Gasteiger partial charge on any atom is -0.392 e. The predicted molar refractivity (Wildman–Crippen MR) is 28.6 cm³/mol. The second kappa shape index (κ2) is 22.3. The van der Waals surface area contributed by atoms with E-state index in [1.54, 1.807) is 0 Å². The fraction of sp³-hybridized carbons (Fsp3) is 0.600. The van der Waals surface area contributed by atoms with Gasteiger partial charge in [-0.2, -0.15) is 0 Å². The van der Waals surface area contributed by atoms with Crippen molar-refractivity contribution in [3.05, 3.63) is 12.7 Å². The molecule has 0 aliphatic heterocycles. The number of aliphatic hydroxyl groups excluding tert-OH is 1. The van der Waals surface area contributed by atoms with Gasteiger partial charge < -0.3 is 5.11 Å². The van der Waals surface area contributed by atoms with Gasteiger partial charge in [-0.05, 0) is 0 Å². The van der Waals surface area contributed by atoms with E-state index < -0.39 is 0 Å². The van der Waals surface area contributed by atoms with Gasteiger partial charge in [0, 0.05) is 0 Å². The van der Waals surface area contributed by atoms with Gasteiger partial charge in [-0.1, -0.05) is 19.9 Å². The molecule has 1 nitrogen and oxygen atoms in total. The molecular weight excluding hydrogens is 76.1 g/mol. The van der Waals surface area contributed by atoms with E-state index in [1.807, 2.05) is 13.8 Å². The van der Waals surface area contributed by atoms with Crippen LogP contribution in [0.1, 0.15) is 13.8 Å². The number of hydrogen-bond donors (Lipinski definition) is 1. The van der Waals surface area contributed by atoms with E-state index in [9.17, 15) is 0 Å². The molecule has 0 fully saturated rings. The summed E-state index contributed by atoms with van der Waals surface area (Å²) in [6.45, 7) is 7.31. The maximum absolute atomic E-state index is 7.76. The fourth-order valence-electron chi connectivity index (χ4n) is 0. The average Bonchev–Trinajstić information content (AvgIpc) is 1.72. The second-order valence-corrected chi connectivity index (χ2v) is 0.471. The normalized spacial score (nSPS) is 5.17. The van der Waals surface area contributed by atoms with Crippen LogP contribution in [0.15, 0.2) is 12.7 Å². The van der Waals surface area contributed by atoms with Crippen molar-refractivity contribution in [3.8, 4) is 0 Å². The van der Waals surface area contributed by atoms with Gasteiger partial charge in [0.1, 0.15) is 0 Å². The van der Waals surface area contributed by atoms with E-state index in [0.29, 0.717) is 0 Å². The van der Waals surface area contributed by atoms with Gasteiger partial charge in [0.15, 0.2) is 0 Å². The van der Waals surface area contributed by atoms with Crippen molar-refractivity contribution >= 4 is 0 Å². The van der Waals surface area contributed by atoms with Crippen LogP contribution in [0.25, 0.3) is 0 Å². The molecule has 0 unspecified atom stereocenters. The fourth-order valence-corrected chi connectivity index (χ4v) is 0. The summed E-state index contributed by atoms with van der Waals surface area (Å²) >= 11 is 0. The monoisotopic (exact) mass is 88.1 g/mol. The van der Waals surface area contributed by atoms with Gasteiger partial charge >= 0.3 is 0 Å². The maximum atomic E-state index is 7.76. The zero-order valence-electron chi connectivity index (χ0n) is 4.44. The van der Waals surface area contributed by atoms with Crippen molar-refractivity contribution in [2.45, 2.75) is 13.8 Å². The van der Waals surface area contributed by atoms with Crippen LogP contribution in [-0.4, -0.2) is 11.7 Å². The van der Waals surface area contributed by atoms with Crippen LogP contribution in [-0.2, 0) is 0 Å². The van der Waals surface area contributed by atoms with Crippen LogP contribution in [0.3, 0.4) is 0 Å². The van der Waals surface area contributed by atoms with Crippen molar-refractivity contribution in [2.75, 3.05) is 6.61 Å². The van der Waals surface area contributed by atoms with Crippen LogP contribution in [0.2, 0.25) is 0 Å². The highest BCUT2D eigenvalue weighted by Crippen LogP contribution is 1.46. The molecule has 0 heterocycles. The molecule has 0 spiro atoms. The SMILES string of the molecule is C=CCO.CC. The van der Waals surface area contributed by atoms with Crippen LogP contribution < -0.4 is 0 Å². The molecule has 6 heavy (non-hydrogen) atoms. The molecule has 0 radical (unpaired) electrons. The molecular formula is C5H12O. The Labute approximate surface area is 39.3 Å². The first-order valence-corrected chi connectivity index (χ1v) is 2.13. The van der Waals surface area contributed by atoms with Gasteiger partial charge in [-0.15, -0.1) is 6.58 Å². The first-order valence-electron chi connectivity index (χ1n) is 2.13. The summed E-state index contributed by atoms with van der Waals surface area (Å²) in [7, 11) is 0.